The topological polar surface area (TPSA) is 51.0 Å². The van der Waals surface area contributed by atoms with E-state index in [-0.39, 0.29) is 0 Å². The van der Waals surface area contributed by atoms with Crippen LogP contribution in [0.25, 0.3) is 0 Å². The van der Waals surface area contributed by atoms with Crippen LogP contribution in [0.5, 0.6) is 0 Å². The first-order chi connectivity index (χ1) is 7.31. The molecule has 0 aromatic carbocycles. The molecule has 1 rings (SSSR count). The molecule has 0 saturated heterocycles. The van der Waals surface area contributed by atoms with Crippen molar-refractivity contribution in [3.63, 3.8) is 0 Å². The Morgan fingerprint density at radius 2 is 2.00 bits per heavy atom. The van der Waals surface area contributed by atoms with Gasteiger partial charge in [-0.1, -0.05) is 13.8 Å². The highest BCUT2D eigenvalue weighted by atomic mass is 16.4. The fourth-order valence-electron chi connectivity index (χ4n) is 1.59. The molecule has 0 aliphatic heterocycles. The Hall–Kier alpha value is -0.900. The van der Waals surface area contributed by atoms with Gasteiger partial charge in [0.1, 0.15) is 0 Å². The third-order valence-electron chi connectivity index (χ3n) is 2.63. The van der Waals surface area contributed by atoms with Crippen LogP contribution in [-0.4, -0.2) is 23.8 Å². The number of nitrogens with one attached hydrogen (secondary N) is 1. The molecule has 0 aliphatic carbocycles. The van der Waals surface area contributed by atoms with Crippen LogP contribution in [0.15, 0.2) is 4.42 Å². The molecule has 1 heterocycles. The van der Waals surface area contributed by atoms with Gasteiger partial charge in [-0.05, 0) is 32.9 Å². The maximum Gasteiger partial charge on any atom is 0.219 e. The van der Waals surface area contributed by atoms with Crippen molar-refractivity contribution in [3.05, 3.63) is 11.8 Å². The van der Waals surface area contributed by atoms with E-state index in [1.807, 2.05) is 7.05 Å². The maximum atomic E-state index is 5.62. The first-order valence-corrected chi connectivity index (χ1v) is 5.78. The highest BCUT2D eigenvalue weighted by molar-refractivity contribution is 4.90. The van der Waals surface area contributed by atoms with Gasteiger partial charge in [0, 0.05) is 12.3 Å². The smallest absolute Gasteiger partial charge is 0.219 e. The van der Waals surface area contributed by atoms with E-state index < -0.39 is 0 Å². The van der Waals surface area contributed by atoms with E-state index >= 15 is 0 Å². The highest BCUT2D eigenvalue weighted by Gasteiger charge is 2.14. The molecule has 0 bridgehead atoms. The minimum Gasteiger partial charge on any atom is -0.425 e. The largest absolute Gasteiger partial charge is 0.425 e. The fourth-order valence-corrected chi connectivity index (χ4v) is 1.59. The number of hydrogen-bond donors (Lipinski definition) is 1. The minimum atomic E-state index is 0.426. The lowest BCUT2D eigenvalue weighted by molar-refractivity contribution is 0.400. The molecule has 15 heavy (non-hydrogen) atoms. The Labute approximate surface area is 91.5 Å². The molecular weight excluding hydrogens is 190 g/mol. The Bertz CT molecular complexity index is 269. The zero-order valence-corrected chi connectivity index (χ0v) is 9.92. The first-order valence-electron chi connectivity index (χ1n) is 5.78. The van der Waals surface area contributed by atoms with Gasteiger partial charge in [0.05, 0.1) is 0 Å². The van der Waals surface area contributed by atoms with E-state index in [9.17, 15) is 0 Å². The van der Waals surface area contributed by atoms with Gasteiger partial charge < -0.3 is 9.73 Å². The second-order valence-corrected chi connectivity index (χ2v) is 3.75. The molecule has 0 amide bonds. The lowest BCUT2D eigenvalue weighted by Gasteiger charge is -2.04. The molecule has 1 aromatic rings. The summed E-state index contributed by atoms with van der Waals surface area (Å²) in [6.07, 6.45) is 4.04. The van der Waals surface area contributed by atoms with Gasteiger partial charge in [0.2, 0.25) is 11.8 Å². The molecule has 0 atom stereocenters. The summed E-state index contributed by atoms with van der Waals surface area (Å²) in [5.41, 5.74) is 0. The van der Waals surface area contributed by atoms with Gasteiger partial charge in [-0.25, -0.2) is 0 Å². The molecule has 0 spiro atoms. The zero-order valence-electron chi connectivity index (χ0n) is 9.92. The van der Waals surface area contributed by atoms with Crippen LogP contribution in [0.3, 0.4) is 0 Å². The normalized spacial score (nSPS) is 11.2. The van der Waals surface area contributed by atoms with Gasteiger partial charge in [-0.2, -0.15) is 0 Å². The summed E-state index contributed by atoms with van der Waals surface area (Å²) >= 11 is 0. The van der Waals surface area contributed by atoms with Crippen LogP contribution < -0.4 is 5.32 Å². The van der Waals surface area contributed by atoms with Gasteiger partial charge in [-0.3, -0.25) is 0 Å². The van der Waals surface area contributed by atoms with E-state index in [1.54, 1.807) is 0 Å². The Kier molecular flexibility index (Phi) is 5.32. The van der Waals surface area contributed by atoms with E-state index in [0.29, 0.717) is 5.92 Å². The summed E-state index contributed by atoms with van der Waals surface area (Å²) in [6, 6.07) is 0. The number of hydrogen-bond acceptors (Lipinski definition) is 4. The molecule has 1 aromatic heterocycles. The predicted molar refractivity (Wildman–Crippen MR) is 59.9 cm³/mol. The molecule has 1 N–H and O–H groups in total. The van der Waals surface area contributed by atoms with Gasteiger partial charge in [-0.15, -0.1) is 10.2 Å². The Balaban J connectivity index is 2.47. The quantitative estimate of drug-likeness (QED) is 0.702. The van der Waals surface area contributed by atoms with Gasteiger partial charge in [0.15, 0.2) is 0 Å². The lowest BCUT2D eigenvalue weighted by atomic mass is 10.0. The van der Waals surface area contributed by atoms with Crippen molar-refractivity contribution in [2.45, 2.75) is 45.4 Å². The van der Waals surface area contributed by atoms with Gasteiger partial charge >= 0.3 is 0 Å². The Morgan fingerprint density at radius 3 is 2.60 bits per heavy atom. The summed E-state index contributed by atoms with van der Waals surface area (Å²) in [4.78, 5) is 0. The minimum absolute atomic E-state index is 0.426. The van der Waals surface area contributed by atoms with Crippen molar-refractivity contribution in [3.8, 4) is 0 Å². The van der Waals surface area contributed by atoms with E-state index in [0.717, 1.165) is 44.0 Å². The summed E-state index contributed by atoms with van der Waals surface area (Å²) in [5, 5.41) is 11.3. The van der Waals surface area contributed by atoms with Crippen molar-refractivity contribution in [1.82, 2.24) is 15.5 Å². The molecule has 0 unspecified atom stereocenters. The second-order valence-electron chi connectivity index (χ2n) is 3.75. The van der Waals surface area contributed by atoms with Crippen LogP contribution in [0.2, 0.25) is 0 Å². The molecule has 86 valence electrons. The number of aromatic nitrogens is 2. The average molecular weight is 211 g/mol. The standard InChI is InChI=1S/C11H21N3O/c1-4-9(5-2)11-14-13-10(15-11)7-6-8-12-3/h9,12H,4-8H2,1-3H3. The first kappa shape index (κ1) is 12.2. The summed E-state index contributed by atoms with van der Waals surface area (Å²) in [5.74, 6) is 2.00. The van der Waals surface area contributed by atoms with Gasteiger partial charge in [0.25, 0.3) is 0 Å². The molecule has 4 nitrogen and oxygen atoms in total. The molecule has 0 radical (unpaired) electrons. The molecular formula is C11H21N3O. The summed E-state index contributed by atoms with van der Waals surface area (Å²) in [6.45, 7) is 5.29. The number of aryl methyl sites for hydroxylation is 1. The second kappa shape index (κ2) is 6.56. The van der Waals surface area contributed by atoms with E-state index in [4.69, 9.17) is 4.42 Å². The maximum absolute atomic E-state index is 5.62. The van der Waals surface area contributed by atoms with E-state index in [2.05, 4.69) is 29.4 Å². The van der Waals surface area contributed by atoms with Crippen molar-refractivity contribution in [1.29, 1.82) is 0 Å². The average Bonchev–Trinajstić information content (AvgIpc) is 2.69. The zero-order chi connectivity index (χ0) is 11.1. The highest BCUT2D eigenvalue weighted by Crippen LogP contribution is 2.21. The van der Waals surface area contributed by atoms with Crippen LogP contribution in [0, 0.1) is 0 Å². The third-order valence-corrected chi connectivity index (χ3v) is 2.63. The number of rotatable bonds is 7. The predicted octanol–water partition coefficient (Wildman–Crippen LogP) is 2.13. The molecule has 0 aliphatic rings. The third kappa shape index (κ3) is 3.63. The number of nitrogens with zero attached hydrogens (tertiary/aromatic N) is 2. The fraction of sp³-hybridized carbons (Fsp3) is 0.818. The molecule has 0 fully saturated rings. The monoisotopic (exact) mass is 211 g/mol. The SMILES string of the molecule is CCC(CC)c1nnc(CCCNC)o1. The van der Waals surface area contributed by atoms with E-state index in [1.165, 1.54) is 0 Å². The van der Waals surface area contributed by atoms with Crippen molar-refractivity contribution in [2.24, 2.45) is 0 Å². The van der Waals surface area contributed by atoms with Crippen molar-refractivity contribution >= 4 is 0 Å². The van der Waals surface area contributed by atoms with Crippen LogP contribution in [0.1, 0.15) is 50.8 Å². The Morgan fingerprint density at radius 1 is 1.27 bits per heavy atom. The van der Waals surface area contributed by atoms with Crippen molar-refractivity contribution < 1.29 is 4.42 Å². The molecule has 0 saturated carbocycles. The van der Waals surface area contributed by atoms with Crippen LogP contribution in [-0.2, 0) is 6.42 Å². The summed E-state index contributed by atoms with van der Waals surface area (Å²) < 4.78 is 5.62. The van der Waals surface area contributed by atoms with Crippen molar-refractivity contribution in [2.75, 3.05) is 13.6 Å². The molecule has 4 heteroatoms. The summed E-state index contributed by atoms with van der Waals surface area (Å²) in [7, 11) is 1.95. The van der Waals surface area contributed by atoms with Crippen LogP contribution in [0.4, 0.5) is 0 Å². The lowest BCUT2D eigenvalue weighted by Crippen LogP contribution is -2.08. The van der Waals surface area contributed by atoms with Crippen LogP contribution >= 0.6 is 0 Å².